The van der Waals surface area contributed by atoms with Crippen LogP contribution in [-0.2, 0) is 11.3 Å². The molecule has 1 amide bonds. The van der Waals surface area contributed by atoms with Crippen molar-refractivity contribution in [1.82, 2.24) is 30.3 Å². The largest absolute Gasteiger partial charge is 0.442 e. The third-order valence-electron chi connectivity index (χ3n) is 4.59. The number of nitrogens with one attached hydrogen (secondary N) is 2. The molecule has 1 aliphatic heterocycles. The Bertz CT molecular complexity index is 1070. The molecule has 2 atom stereocenters. The second-order valence-electron chi connectivity index (χ2n) is 7.02. The molecule has 156 valence electrons. The molecule has 0 unspecified atom stereocenters. The molecule has 0 aromatic carbocycles. The molecular weight excluding hydrogens is 396 g/mol. The molecule has 1 saturated heterocycles. The second kappa shape index (κ2) is 8.01. The van der Waals surface area contributed by atoms with Crippen molar-refractivity contribution in [2.75, 3.05) is 5.32 Å². The Morgan fingerprint density at radius 3 is 2.83 bits per heavy atom. The molecule has 11 heteroatoms. The summed E-state index contributed by atoms with van der Waals surface area (Å²) in [6.07, 6.45) is -0.351. The zero-order chi connectivity index (χ0) is 21.3. The van der Waals surface area contributed by atoms with Gasteiger partial charge in [0.05, 0.1) is 24.5 Å². The van der Waals surface area contributed by atoms with Crippen molar-refractivity contribution in [2.45, 2.75) is 39.0 Å². The maximum absolute atomic E-state index is 12.9. The summed E-state index contributed by atoms with van der Waals surface area (Å²) >= 11 is 0. The molecule has 9 nitrogen and oxygen atoms in total. The zero-order valence-electron chi connectivity index (χ0n) is 16.2. The van der Waals surface area contributed by atoms with Gasteiger partial charge in [-0.15, -0.1) is 5.10 Å². The molecule has 1 aliphatic rings. The van der Waals surface area contributed by atoms with Gasteiger partial charge in [0.2, 0.25) is 0 Å². The van der Waals surface area contributed by atoms with E-state index in [-0.39, 0.29) is 23.5 Å². The summed E-state index contributed by atoms with van der Waals surface area (Å²) in [5.41, 5.74) is 1.86. The molecule has 1 fully saturated rings. The predicted octanol–water partition coefficient (Wildman–Crippen LogP) is 3.22. The fourth-order valence-electron chi connectivity index (χ4n) is 3.08. The summed E-state index contributed by atoms with van der Waals surface area (Å²) in [5, 5.41) is 13.9. The Kier molecular flexibility index (Phi) is 5.25. The first-order valence-corrected chi connectivity index (χ1v) is 9.25. The summed E-state index contributed by atoms with van der Waals surface area (Å²) in [6.45, 7) is 4.09. The SMILES string of the molecule is Cc1cc(Nc2cc(C(F)F)ccn2)nc(-c2cn(C[C@@H]3OC(=O)N[C@@H]3C)nn2)c1. The van der Waals surface area contributed by atoms with Gasteiger partial charge in [0.1, 0.15) is 23.4 Å². The Morgan fingerprint density at radius 2 is 2.10 bits per heavy atom. The highest BCUT2D eigenvalue weighted by molar-refractivity contribution is 5.70. The van der Waals surface area contributed by atoms with Gasteiger partial charge in [-0.25, -0.2) is 28.2 Å². The zero-order valence-corrected chi connectivity index (χ0v) is 16.2. The third-order valence-corrected chi connectivity index (χ3v) is 4.59. The van der Waals surface area contributed by atoms with E-state index < -0.39 is 12.5 Å². The minimum atomic E-state index is -2.58. The molecular formula is C19H19F2N7O2. The van der Waals surface area contributed by atoms with Crippen LogP contribution in [0.25, 0.3) is 11.4 Å². The van der Waals surface area contributed by atoms with Crippen LogP contribution < -0.4 is 10.6 Å². The number of rotatable bonds is 6. The maximum atomic E-state index is 12.9. The number of hydrogen-bond donors (Lipinski definition) is 2. The summed E-state index contributed by atoms with van der Waals surface area (Å²) in [6, 6.07) is 6.02. The minimum absolute atomic E-state index is 0.125. The van der Waals surface area contributed by atoms with Crippen LogP contribution in [0.3, 0.4) is 0 Å². The van der Waals surface area contributed by atoms with Crippen LogP contribution in [0.1, 0.15) is 24.5 Å². The molecule has 2 N–H and O–H groups in total. The van der Waals surface area contributed by atoms with E-state index in [4.69, 9.17) is 4.74 Å². The summed E-state index contributed by atoms with van der Waals surface area (Å²) in [7, 11) is 0. The monoisotopic (exact) mass is 415 g/mol. The molecule has 3 aromatic rings. The van der Waals surface area contributed by atoms with E-state index in [0.29, 0.717) is 23.8 Å². The fourth-order valence-corrected chi connectivity index (χ4v) is 3.08. The van der Waals surface area contributed by atoms with E-state index in [1.54, 1.807) is 16.9 Å². The van der Waals surface area contributed by atoms with Gasteiger partial charge < -0.3 is 15.4 Å². The van der Waals surface area contributed by atoms with Gasteiger partial charge in [-0.2, -0.15) is 0 Å². The Labute approximate surface area is 170 Å². The van der Waals surface area contributed by atoms with Gasteiger partial charge in [-0.05, 0) is 43.7 Å². The Balaban J connectivity index is 1.53. The number of aromatic nitrogens is 5. The molecule has 30 heavy (non-hydrogen) atoms. The Hall–Kier alpha value is -3.63. The number of carbonyl (C=O) groups is 1. The number of cyclic esters (lactones) is 1. The van der Waals surface area contributed by atoms with E-state index in [2.05, 4.69) is 30.9 Å². The summed E-state index contributed by atoms with van der Waals surface area (Å²) in [4.78, 5) is 19.9. The smallest absolute Gasteiger partial charge is 0.407 e. The van der Waals surface area contributed by atoms with Crippen LogP contribution >= 0.6 is 0 Å². The first-order chi connectivity index (χ1) is 14.4. The van der Waals surface area contributed by atoms with Crippen molar-refractivity contribution in [3.05, 3.63) is 47.8 Å². The van der Waals surface area contributed by atoms with E-state index in [1.807, 2.05) is 19.9 Å². The average molecular weight is 415 g/mol. The van der Waals surface area contributed by atoms with Crippen molar-refractivity contribution in [2.24, 2.45) is 0 Å². The molecule has 3 aromatic heterocycles. The Morgan fingerprint density at radius 1 is 1.27 bits per heavy atom. The number of carbonyl (C=O) groups excluding carboxylic acids is 1. The lowest BCUT2D eigenvalue weighted by atomic mass is 10.2. The summed E-state index contributed by atoms with van der Waals surface area (Å²) in [5.74, 6) is 0.714. The molecule has 0 bridgehead atoms. The molecule has 0 radical (unpaired) electrons. The van der Waals surface area contributed by atoms with Gasteiger partial charge >= 0.3 is 6.09 Å². The second-order valence-corrected chi connectivity index (χ2v) is 7.02. The maximum Gasteiger partial charge on any atom is 0.407 e. The van der Waals surface area contributed by atoms with Crippen LogP contribution in [0.15, 0.2) is 36.7 Å². The van der Waals surface area contributed by atoms with Gasteiger partial charge in [0.25, 0.3) is 6.43 Å². The first kappa shape index (κ1) is 19.7. The van der Waals surface area contributed by atoms with Crippen molar-refractivity contribution in [3.8, 4) is 11.4 Å². The standard InChI is InChI=1S/C19H19F2N7O2/c1-10-5-13(14-8-28(27-26-14)9-15-11(2)23-19(29)30-15)24-17(6-10)25-16-7-12(18(20)21)3-4-22-16/h3-8,11,15,18H,9H2,1-2H3,(H,23,29)(H,22,24,25)/t11-,15+/m1/s1. The van der Waals surface area contributed by atoms with Crippen LogP contribution in [0.2, 0.25) is 0 Å². The minimum Gasteiger partial charge on any atom is -0.442 e. The third kappa shape index (κ3) is 4.34. The number of ether oxygens (including phenoxy) is 1. The molecule has 4 rings (SSSR count). The number of nitrogens with zero attached hydrogens (tertiary/aromatic N) is 5. The van der Waals surface area contributed by atoms with Crippen LogP contribution in [-0.4, -0.2) is 43.2 Å². The number of amides is 1. The average Bonchev–Trinajstić information content (AvgIpc) is 3.28. The highest BCUT2D eigenvalue weighted by Gasteiger charge is 2.31. The van der Waals surface area contributed by atoms with Crippen molar-refractivity contribution < 1.29 is 18.3 Å². The fraction of sp³-hybridized carbons (Fsp3) is 0.316. The van der Waals surface area contributed by atoms with Gasteiger partial charge in [0, 0.05) is 11.8 Å². The van der Waals surface area contributed by atoms with E-state index in [9.17, 15) is 13.6 Å². The molecule has 4 heterocycles. The lowest BCUT2D eigenvalue weighted by Crippen LogP contribution is -2.31. The van der Waals surface area contributed by atoms with Crippen molar-refractivity contribution in [1.29, 1.82) is 0 Å². The van der Waals surface area contributed by atoms with Gasteiger partial charge in [-0.1, -0.05) is 5.21 Å². The van der Waals surface area contributed by atoms with Crippen molar-refractivity contribution >= 4 is 17.7 Å². The number of aryl methyl sites for hydroxylation is 1. The number of anilines is 2. The highest BCUT2D eigenvalue weighted by atomic mass is 19.3. The first-order valence-electron chi connectivity index (χ1n) is 9.25. The summed E-state index contributed by atoms with van der Waals surface area (Å²) < 4.78 is 32.6. The van der Waals surface area contributed by atoms with E-state index in [1.165, 1.54) is 18.3 Å². The highest BCUT2D eigenvalue weighted by Crippen LogP contribution is 2.24. The normalized spacial score (nSPS) is 18.4. The lowest BCUT2D eigenvalue weighted by molar-refractivity contribution is 0.119. The number of alkyl halides is 2. The predicted molar refractivity (Wildman–Crippen MR) is 103 cm³/mol. The van der Waals surface area contributed by atoms with Crippen molar-refractivity contribution in [3.63, 3.8) is 0 Å². The number of halogens is 2. The van der Waals surface area contributed by atoms with Crippen LogP contribution in [0, 0.1) is 6.92 Å². The number of alkyl carbamates (subject to hydrolysis) is 1. The van der Waals surface area contributed by atoms with Crippen LogP contribution in [0.5, 0.6) is 0 Å². The quantitative estimate of drug-likeness (QED) is 0.637. The van der Waals surface area contributed by atoms with Gasteiger partial charge in [0.15, 0.2) is 0 Å². The molecule has 0 saturated carbocycles. The topological polar surface area (TPSA) is 107 Å². The molecule has 0 aliphatic carbocycles. The lowest BCUT2D eigenvalue weighted by Gasteiger charge is -2.11. The number of pyridine rings is 2. The van der Waals surface area contributed by atoms with Gasteiger partial charge in [-0.3, -0.25) is 0 Å². The van der Waals surface area contributed by atoms with E-state index >= 15 is 0 Å². The molecule has 0 spiro atoms. The number of hydrogen-bond acceptors (Lipinski definition) is 7. The van der Waals surface area contributed by atoms with E-state index in [0.717, 1.165) is 5.56 Å². The van der Waals surface area contributed by atoms with Crippen LogP contribution in [0.4, 0.5) is 25.2 Å².